The van der Waals surface area contributed by atoms with Crippen LogP contribution >= 0.6 is 0 Å². The molecule has 0 aliphatic carbocycles. The van der Waals surface area contributed by atoms with Crippen molar-refractivity contribution in [2.24, 2.45) is 11.5 Å². The molecule has 0 spiro atoms. The number of nitrogens with zero attached hydrogens (tertiary/aromatic N) is 1. The highest BCUT2D eigenvalue weighted by Crippen LogP contribution is 2.26. The van der Waals surface area contributed by atoms with Gasteiger partial charge in [0.25, 0.3) is 0 Å². The zero-order valence-electron chi connectivity index (χ0n) is 18.3. The normalized spacial score (nSPS) is 12.2. The van der Waals surface area contributed by atoms with Gasteiger partial charge in [-0.3, -0.25) is 4.79 Å². The summed E-state index contributed by atoms with van der Waals surface area (Å²) in [7, 11) is 0. The van der Waals surface area contributed by atoms with E-state index in [9.17, 15) is 4.79 Å². The largest absolute Gasteiger partial charge is 0.385 e. The van der Waals surface area contributed by atoms with E-state index >= 15 is 0 Å². The van der Waals surface area contributed by atoms with E-state index in [1.165, 1.54) is 0 Å². The summed E-state index contributed by atoms with van der Waals surface area (Å²) in [5.41, 5.74) is 15.2. The number of carbonyl (C=O) groups is 1. The number of likely N-dealkylation sites (N-methyl/N-ethyl adjacent to an activating group) is 2. The minimum atomic E-state index is -0.555. The second kappa shape index (κ2) is 11.9. The van der Waals surface area contributed by atoms with Crippen LogP contribution in [-0.4, -0.2) is 49.2 Å². The number of primary amides is 1. The molecule has 1 amide bonds. The highest BCUT2D eigenvalue weighted by Gasteiger charge is 2.15. The van der Waals surface area contributed by atoms with Crippen molar-refractivity contribution < 1.29 is 4.79 Å². The number of benzene rings is 1. The molecule has 0 radical (unpaired) electrons. The number of anilines is 1. The molecule has 7 N–H and O–H groups in total. The first kappa shape index (κ1) is 24.2. The Morgan fingerprint density at radius 3 is 2.45 bits per heavy atom. The lowest BCUT2D eigenvalue weighted by Crippen LogP contribution is -2.34. The van der Waals surface area contributed by atoms with Gasteiger partial charge in [0.05, 0.1) is 11.4 Å². The Labute approximate surface area is 174 Å². The van der Waals surface area contributed by atoms with Crippen molar-refractivity contribution in [3.05, 3.63) is 46.8 Å². The molecule has 7 heteroatoms. The van der Waals surface area contributed by atoms with Gasteiger partial charge in [0.15, 0.2) is 0 Å². The molecule has 29 heavy (non-hydrogen) atoms. The molecule has 1 aromatic rings. The van der Waals surface area contributed by atoms with Gasteiger partial charge in [0, 0.05) is 43.1 Å². The first-order chi connectivity index (χ1) is 13.7. The third kappa shape index (κ3) is 7.27. The van der Waals surface area contributed by atoms with Crippen molar-refractivity contribution in [2.75, 3.05) is 31.5 Å². The third-order valence-corrected chi connectivity index (χ3v) is 4.55. The van der Waals surface area contributed by atoms with Crippen LogP contribution in [0, 0.1) is 5.41 Å². The number of carbonyl (C=O) groups excluding carboxylic acids is 1. The van der Waals surface area contributed by atoms with Crippen LogP contribution in [-0.2, 0) is 0 Å². The van der Waals surface area contributed by atoms with Gasteiger partial charge in [-0.15, -0.1) is 0 Å². The highest BCUT2D eigenvalue weighted by atomic mass is 16.1. The van der Waals surface area contributed by atoms with Crippen LogP contribution in [0.25, 0.3) is 5.57 Å². The lowest BCUT2D eigenvalue weighted by Gasteiger charge is -2.23. The molecule has 0 heterocycles. The maximum atomic E-state index is 11.9. The van der Waals surface area contributed by atoms with Crippen molar-refractivity contribution in [2.45, 2.75) is 40.7 Å². The molecule has 1 aromatic carbocycles. The Morgan fingerprint density at radius 1 is 1.24 bits per heavy atom. The molecular formula is C22H36N6O. The number of rotatable bonds is 12. The number of nitrogens with two attached hydrogens (primary N) is 2. The quantitative estimate of drug-likeness (QED) is 0.210. The van der Waals surface area contributed by atoms with Crippen molar-refractivity contribution in [1.82, 2.24) is 10.2 Å². The van der Waals surface area contributed by atoms with E-state index in [1.54, 1.807) is 6.07 Å². The average molecular weight is 401 g/mol. The summed E-state index contributed by atoms with van der Waals surface area (Å²) in [6.07, 6.45) is 4.98. The molecule has 7 nitrogen and oxygen atoms in total. The minimum Gasteiger partial charge on any atom is -0.385 e. The number of allylic oxidation sites excluding steroid dienone is 3. The van der Waals surface area contributed by atoms with Gasteiger partial charge < -0.3 is 32.4 Å². The smallest absolute Gasteiger partial charge is 0.249 e. The molecule has 1 rings (SSSR count). The Morgan fingerprint density at radius 2 is 1.93 bits per heavy atom. The van der Waals surface area contributed by atoms with Crippen molar-refractivity contribution in [3.63, 3.8) is 0 Å². The molecule has 0 unspecified atom stereocenters. The summed E-state index contributed by atoms with van der Waals surface area (Å²) < 4.78 is 0. The zero-order valence-corrected chi connectivity index (χ0v) is 18.3. The Bertz CT molecular complexity index is 767. The van der Waals surface area contributed by atoms with Gasteiger partial charge in [0.1, 0.15) is 0 Å². The molecule has 0 atom stereocenters. The number of nitrogens with one attached hydrogen (secondary N) is 3. The summed E-state index contributed by atoms with van der Waals surface area (Å²) in [6.45, 7) is 13.6. The summed E-state index contributed by atoms with van der Waals surface area (Å²) in [6, 6.07) is 3.82. The van der Waals surface area contributed by atoms with E-state index in [1.807, 2.05) is 39.0 Å². The summed E-state index contributed by atoms with van der Waals surface area (Å²) in [5.74, 6) is 0.136. The lowest BCUT2D eigenvalue weighted by molar-refractivity contribution is 0.1000. The zero-order chi connectivity index (χ0) is 22.0. The predicted octanol–water partition coefficient (Wildman–Crippen LogP) is 2.74. The topological polar surface area (TPSA) is 120 Å². The van der Waals surface area contributed by atoms with Crippen LogP contribution in [0.1, 0.15) is 56.1 Å². The maximum absolute atomic E-state index is 11.9. The molecule has 0 saturated heterocycles. The van der Waals surface area contributed by atoms with Crippen molar-refractivity contribution in [3.8, 4) is 0 Å². The van der Waals surface area contributed by atoms with Crippen LogP contribution < -0.4 is 22.1 Å². The summed E-state index contributed by atoms with van der Waals surface area (Å²) >= 11 is 0. The number of hydrogen-bond acceptors (Lipinski definition) is 6. The second-order valence-electron chi connectivity index (χ2n) is 7.17. The van der Waals surface area contributed by atoms with E-state index < -0.39 is 5.91 Å². The molecule has 160 valence electrons. The van der Waals surface area contributed by atoms with Crippen LogP contribution in [0.5, 0.6) is 0 Å². The average Bonchev–Trinajstić information content (AvgIpc) is 2.68. The van der Waals surface area contributed by atoms with Crippen LogP contribution in [0.15, 0.2) is 30.1 Å². The molecule has 0 fully saturated rings. The molecule has 0 bridgehead atoms. The monoisotopic (exact) mass is 400 g/mol. The fraction of sp³-hybridized carbons (Fsp3) is 0.455. The Balaban J connectivity index is 3.25. The number of amides is 1. The van der Waals surface area contributed by atoms with Gasteiger partial charge in [-0.1, -0.05) is 13.0 Å². The summed E-state index contributed by atoms with van der Waals surface area (Å²) in [5, 5.41) is 14.3. The van der Waals surface area contributed by atoms with Gasteiger partial charge in [-0.2, -0.15) is 0 Å². The van der Waals surface area contributed by atoms with Crippen LogP contribution in [0.3, 0.4) is 0 Å². The van der Waals surface area contributed by atoms with Crippen LogP contribution in [0.2, 0.25) is 0 Å². The molecule has 0 aromatic heterocycles. The Hall–Kier alpha value is -2.80. The Kier molecular flexibility index (Phi) is 9.96. The van der Waals surface area contributed by atoms with E-state index in [0.717, 1.165) is 43.5 Å². The fourth-order valence-electron chi connectivity index (χ4n) is 2.94. The van der Waals surface area contributed by atoms with E-state index in [4.69, 9.17) is 16.9 Å². The van der Waals surface area contributed by atoms with Crippen LogP contribution in [0.4, 0.5) is 5.69 Å². The van der Waals surface area contributed by atoms with Gasteiger partial charge in [-0.25, -0.2) is 0 Å². The van der Waals surface area contributed by atoms with E-state index in [0.29, 0.717) is 22.6 Å². The van der Waals surface area contributed by atoms with Gasteiger partial charge in [-0.05, 0) is 63.6 Å². The molecular weight excluding hydrogens is 364 g/mol. The second-order valence-corrected chi connectivity index (χ2v) is 7.17. The van der Waals surface area contributed by atoms with E-state index in [-0.39, 0.29) is 6.04 Å². The third-order valence-electron chi connectivity index (χ3n) is 4.55. The highest BCUT2D eigenvalue weighted by molar-refractivity contribution is 6.05. The lowest BCUT2D eigenvalue weighted by atomic mass is 9.97. The van der Waals surface area contributed by atoms with Gasteiger partial charge in [0.2, 0.25) is 5.91 Å². The first-order valence-electron chi connectivity index (χ1n) is 10.1. The van der Waals surface area contributed by atoms with Crippen molar-refractivity contribution >= 4 is 23.4 Å². The van der Waals surface area contributed by atoms with Gasteiger partial charge >= 0.3 is 0 Å². The fourth-order valence-corrected chi connectivity index (χ4v) is 2.94. The molecule has 0 aliphatic heterocycles. The first-order valence-corrected chi connectivity index (χ1v) is 10.1. The van der Waals surface area contributed by atoms with Crippen molar-refractivity contribution in [1.29, 1.82) is 5.41 Å². The summed E-state index contributed by atoms with van der Waals surface area (Å²) in [4.78, 5) is 14.0. The number of hydrogen-bond donors (Lipinski definition) is 5. The van der Waals surface area contributed by atoms with E-state index in [2.05, 4.69) is 29.4 Å². The standard InChI is InChI=1S/C22H36N6O/c1-6-26-10-11-28(7-2)21(24)9-8-16(5)17-12-18(22(25)29)19(14-23)20(13-17)27-15(3)4/h8-9,12-15,23,26-27H,6-7,10-11,24H2,1-5H3,(H2,25,29)/b16-8+,21-9+,23-14?. The predicted molar refractivity (Wildman–Crippen MR) is 123 cm³/mol. The maximum Gasteiger partial charge on any atom is 0.249 e. The minimum absolute atomic E-state index is 0.152. The SMILES string of the molecule is CCNCCN(CC)/C(N)=C/C=C(\C)c1cc(NC(C)C)c(C=N)c(C(N)=O)c1. The molecule has 0 aliphatic rings. The molecule has 0 saturated carbocycles.